The first-order valence-corrected chi connectivity index (χ1v) is 6.10. The molecular formula is C14H15N3O. The summed E-state index contributed by atoms with van der Waals surface area (Å²) in [4.78, 5) is 19.1. The first-order valence-electron chi connectivity index (χ1n) is 6.10. The van der Waals surface area contributed by atoms with Crippen LogP contribution in [0.25, 0.3) is 0 Å². The van der Waals surface area contributed by atoms with Crippen molar-refractivity contribution in [3.8, 4) is 0 Å². The molecule has 4 heteroatoms. The summed E-state index contributed by atoms with van der Waals surface area (Å²) in [6.07, 6.45) is 3.65. The SMILES string of the molecule is NCc1cnc(C2(c3ccccc3)CC2)[nH]c1=O. The molecule has 1 aliphatic rings. The van der Waals surface area contributed by atoms with Crippen LogP contribution in [-0.4, -0.2) is 9.97 Å². The monoisotopic (exact) mass is 241 g/mol. The quantitative estimate of drug-likeness (QED) is 0.851. The molecule has 1 saturated carbocycles. The fourth-order valence-corrected chi connectivity index (χ4v) is 2.35. The zero-order chi connectivity index (χ0) is 12.6. The molecule has 0 spiro atoms. The van der Waals surface area contributed by atoms with Crippen molar-refractivity contribution < 1.29 is 0 Å². The molecular weight excluding hydrogens is 226 g/mol. The van der Waals surface area contributed by atoms with E-state index in [0.717, 1.165) is 18.7 Å². The van der Waals surface area contributed by atoms with Crippen LogP contribution in [0.4, 0.5) is 0 Å². The molecule has 0 amide bonds. The van der Waals surface area contributed by atoms with E-state index in [9.17, 15) is 4.79 Å². The second-order valence-electron chi connectivity index (χ2n) is 4.74. The molecule has 92 valence electrons. The Bertz CT molecular complexity index is 614. The number of hydrogen-bond donors (Lipinski definition) is 2. The van der Waals surface area contributed by atoms with Gasteiger partial charge < -0.3 is 10.7 Å². The highest BCUT2D eigenvalue weighted by atomic mass is 16.1. The van der Waals surface area contributed by atoms with Crippen LogP contribution < -0.4 is 11.3 Å². The van der Waals surface area contributed by atoms with Crippen LogP contribution in [0.1, 0.15) is 29.8 Å². The minimum absolute atomic E-state index is 0.0897. The Morgan fingerprint density at radius 1 is 1.28 bits per heavy atom. The summed E-state index contributed by atoms with van der Waals surface area (Å²) in [5.74, 6) is 0.760. The molecule has 1 heterocycles. The van der Waals surface area contributed by atoms with Gasteiger partial charge in [-0.1, -0.05) is 30.3 Å². The van der Waals surface area contributed by atoms with Crippen LogP contribution in [0.3, 0.4) is 0 Å². The van der Waals surface area contributed by atoms with Crippen molar-refractivity contribution in [1.82, 2.24) is 9.97 Å². The van der Waals surface area contributed by atoms with E-state index >= 15 is 0 Å². The number of nitrogens with zero attached hydrogens (tertiary/aromatic N) is 1. The maximum atomic E-state index is 11.8. The molecule has 3 rings (SSSR count). The molecule has 0 atom stereocenters. The van der Waals surface area contributed by atoms with Crippen LogP contribution in [0, 0.1) is 0 Å². The van der Waals surface area contributed by atoms with E-state index in [1.54, 1.807) is 6.20 Å². The third kappa shape index (κ3) is 1.66. The van der Waals surface area contributed by atoms with Crippen molar-refractivity contribution in [3.63, 3.8) is 0 Å². The molecule has 0 radical (unpaired) electrons. The van der Waals surface area contributed by atoms with Crippen molar-refractivity contribution >= 4 is 0 Å². The van der Waals surface area contributed by atoms with E-state index in [2.05, 4.69) is 22.1 Å². The Balaban J connectivity index is 2.06. The van der Waals surface area contributed by atoms with Gasteiger partial charge in [0.05, 0.1) is 5.41 Å². The van der Waals surface area contributed by atoms with Gasteiger partial charge in [0.25, 0.3) is 5.56 Å². The zero-order valence-electron chi connectivity index (χ0n) is 10.0. The summed E-state index contributed by atoms with van der Waals surface area (Å²) in [5, 5.41) is 0. The fourth-order valence-electron chi connectivity index (χ4n) is 2.35. The second-order valence-corrected chi connectivity index (χ2v) is 4.74. The molecule has 0 unspecified atom stereocenters. The zero-order valence-corrected chi connectivity index (χ0v) is 10.0. The average Bonchev–Trinajstić information content (AvgIpc) is 3.21. The maximum Gasteiger partial charge on any atom is 0.255 e. The van der Waals surface area contributed by atoms with Crippen molar-refractivity contribution in [1.29, 1.82) is 0 Å². The summed E-state index contributed by atoms with van der Waals surface area (Å²) in [6.45, 7) is 0.223. The number of aromatic nitrogens is 2. The van der Waals surface area contributed by atoms with Gasteiger partial charge in [0.1, 0.15) is 5.82 Å². The van der Waals surface area contributed by atoms with Gasteiger partial charge in [-0.25, -0.2) is 4.98 Å². The van der Waals surface area contributed by atoms with E-state index in [-0.39, 0.29) is 17.5 Å². The van der Waals surface area contributed by atoms with Crippen LogP contribution in [0.15, 0.2) is 41.3 Å². The topological polar surface area (TPSA) is 71.8 Å². The molecule has 0 bridgehead atoms. The largest absolute Gasteiger partial charge is 0.326 e. The summed E-state index contributed by atoms with van der Waals surface area (Å²) in [7, 11) is 0. The molecule has 2 aromatic rings. The Morgan fingerprint density at radius 3 is 2.56 bits per heavy atom. The number of nitrogens with two attached hydrogens (primary N) is 1. The molecule has 3 N–H and O–H groups in total. The molecule has 0 saturated heterocycles. The number of rotatable bonds is 3. The Kier molecular flexibility index (Phi) is 2.52. The first kappa shape index (κ1) is 11.2. The van der Waals surface area contributed by atoms with Gasteiger partial charge in [-0.05, 0) is 18.4 Å². The van der Waals surface area contributed by atoms with Gasteiger partial charge in [0, 0.05) is 18.3 Å². The summed E-state index contributed by atoms with van der Waals surface area (Å²) < 4.78 is 0. The Morgan fingerprint density at radius 2 is 2.00 bits per heavy atom. The van der Waals surface area contributed by atoms with Crippen molar-refractivity contribution in [2.24, 2.45) is 5.73 Å². The number of H-pyrrole nitrogens is 1. The highest BCUT2D eigenvalue weighted by Gasteiger charge is 2.48. The second kappa shape index (κ2) is 4.07. The summed E-state index contributed by atoms with van der Waals surface area (Å²) >= 11 is 0. The number of nitrogens with one attached hydrogen (secondary N) is 1. The lowest BCUT2D eigenvalue weighted by Gasteiger charge is -2.14. The van der Waals surface area contributed by atoms with E-state index in [1.807, 2.05) is 18.2 Å². The fraction of sp³-hybridized carbons (Fsp3) is 0.286. The maximum absolute atomic E-state index is 11.8. The lowest BCUT2D eigenvalue weighted by molar-refractivity contribution is 0.739. The molecule has 18 heavy (non-hydrogen) atoms. The van der Waals surface area contributed by atoms with E-state index < -0.39 is 0 Å². The van der Waals surface area contributed by atoms with E-state index in [4.69, 9.17) is 5.73 Å². The van der Waals surface area contributed by atoms with Crippen LogP contribution >= 0.6 is 0 Å². The summed E-state index contributed by atoms with van der Waals surface area (Å²) in [6, 6.07) is 10.2. The minimum Gasteiger partial charge on any atom is -0.326 e. The molecule has 1 aliphatic carbocycles. The van der Waals surface area contributed by atoms with Crippen molar-refractivity contribution in [2.45, 2.75) is 24.8 Å². The smallest absolute Gasteiger partial charge is 0.255 e. The highest BCUT2D eigenvalue weighted by Crippen LogP contribution is 2.51. The lowest BCUT2D eigenvalue weighted by Crippen LogP contribution is -2.23. The lowest BCUT2D eigenvalue weighted by atomic mass is 9.95. The average molecular weight is 241 g/mol. The predicted octanol–water partition coefficient (Wildman–Crippen LogP) is 1.31. The number of aromatic amines is 1. The van der Waals surface area contributed by atoms with Gasteiger partial charge >= 0.3 is 0 Å². The third-order valence-corrected chi connectivity index (χ3v) is 3.62. The molecule has 0 aliphatic heterocycles. The van der Waals surface area contributed by atoms with Crippen molar-refractivity contribution in [3.05, 3.63) is 63.8 Å². The predicted molar refractivity (Wildman–Crippen MR) is 69.2 cm³/mol. The Labute approximate surface area is 105 Å². The molecule has 1 aromatic carbocycles. The summed E-state index contributed by atoms with van der Waals surface area (Å²) in [5.41, 5.74) is 7.01. The number of benzene rings is 1. The van der Waals surface area contributed by atoms with E-state index in [0.29, 0.717) is 5.56 Å². The van der Waals surface area contributed by atoms with Gasteiger partial charge in [-0.2, -0.15) is 0 Å². The molecule has 1 fully saturated rings. The van der Waals surface area contributed by atoms with Crippen LogP contribution in [-0.2, 0) is 12.0 Å². The first-order chi connectivity index (χ1) is 8.76. The van der Waals surface area contributed by atoms with Gasteiger partial charge in [-0.15, -0.1) is 0 Å². The Hall–Kier alpha value is -1.94. The van der Waals surface area contributed by atoms with Gasteiger partial charge in [-0.3, -0.25) is 4.79 Å². The standard InChI is InChI=1S/C14H15N3O/c15-8-10-9-16-13(17-12(10)18)14(6-7-14)11-4-2-1-3-5-11/h1-5,9H,6-8,15H2,(H,16,17,18). The van der Waals surface area contributed by atoms with Crippen molar-refractivity contribution in [2.75, 3.05) is 0 Å². The van der Waals surface area contributed by atoms with Gasteiger partial charge in [0.15, 0.2) is 0 Å². The van der Waals surface area contributed by atoms with Crippen LogP contribution in [0.2, 0.25) is 0 Å². The molecule has 4 nitrogen and oxygen atoms in total. The van der Waals surface area contributed by atoms with Gasteiger partial charge in [0.2, 0.25) is 0 Å². The minimum atomic E-state index is -0.121. The van der Waals surface area contributed by atoms with Crippen LogP contribution in [0.5, 0.6) is 0 Å². The highest BCUT2D eigenvalue weighted by molar-refractivity contribution is 5.39. The number of hydrogen-bond acceptors (Lipinski definition) is 3. The normalized spacial score (nSPS) is 16.5. The third-order valence-electron chi connectivity index (χ3n) is 3.62. The molecule has 1 aromatic heterocycles. The van der Waals surface area contributed by atoms with E-state index in [1.165, 1.54) is 5.56 Å².